The van der Waals surface area contributed by atoms with Crippen LogP contribution in [0.5, 0.6) is 0 Å². The number of pyridine rings is 1. The number of thiophene rings is 1. The van der Waals surface area contributed by atoms with Crippen LogP contribution in [0.4, 0.5) is 0 Å². The standard InChI is InChI=1S/C54H35NS/c1-34-48(46-30-29-41(36-16-4-2-5-17-36)44-23-12-13-24-45(44)46)33-50(40-28-27-35-15-8-9-20-38(35)31-40)55-52(34)49-32-39-21-10-11-22-42(39)51-47-26-14-25-43(53(47)56-54(49)51)37-18-6-3-7-19-37/h2-33H,1H3. The third kappa shape index (κ3) is 5.26. The Morgan fingerprint density at radius 3 is 1.73 bits per heavy atom. The summed E-state index contributed by atoms with van der Waals surface area (Å²) in [5, 5.41) is 9.98. The van der Waals surface area contributed by atoms with E-state index in [1.165, 1.54) is 97.0 Å². The van der Waals surface area contributed by atoms with Gasteiger partial charge in [0.15, 0.2) is 0 Å². The number of nitrogens with zero attached hydrogens (tertiary/aromatic N) is 1. The fraction of sp³-hybridized carbons (Fsp3) is 0.0185. The van der Waals surface area contributed by atoms with Crippen LogP contribution in [0.25, 0.3) is 108 Å². The summed E-state index contributed by atoms with van der Waals surface area (Å²) in [5.74, 6) is 0. The number of aromatic nitrogens is 1. The Morgan fingerprint density at radius 1 is 0.357 bits per heavy atom. The molecule has 0 fully saturated rings. The van der Waals surface area contributed by atoms with Crippen LogP contribution in [0.2, 0.25) is 0 Å². The lowest BCUT2D eigenvalue weighted by Gasteiger charge is -2.18. The molecule has 1 nitrogen and oxygen atoms in total. The monoisotopic (exact) mass is 729 g/mol. The first-order valence-electron chi connectivity index (χ1n) is 19.2. The van der Waals surface area contributed by atoms with Gasteiger partial charge in [-0.3, -0.25) is 0 Å². The van der Waals surface area contributed by atoms with Crippen molar-refractivity contribution in [2.75, 3.05) is 0 Å². The summed E-state index contributed by atoms with van der Waals surface area (Å²) >= 11 is 1.90. The molecule has 0 aliphatic heterocycles. The van der Waals surface area contributed by atoms with Gasteiger partial charge in [-0.05, 0) is 96.4 Å². The van der Waals surface area contributed by atoms with Crippen molar-refractivity contribution in [1.29, 1.82) is 0 Å². The van der Waals surface area contributed by atoms with Gasteiger partial charge in [0.2, 0.25) is 0 Å². The van der Waals surface area contributed by atoms with Crippen LogP contribution in [0.1, 0.15) is 5.56 Å². The summed E-state index contributed by atoms with van der Waals surface area (Å²) in [6.45, 7) is 2.27. The van der Waals surface area contributed by atoms with E-state index in [-0.39, 0.29) is 0 Å². The minimum absolute atomic E-state index is 0.968. The minimum atomic E-state index is 0.968. The highest BCUT2D eigenvalue weighted by Gasteiger charge is 2.22. The molecule has 2 heteroatoms. The Labute approximate surface area is 329 Å². The molecule has 11 rings (SSSR count). The van der Waals surface area contributed by atoms with Crippen molar-refractivity contribution in [2.24, 2.45) is 0 Å². The lowest BCUT2D eigenvalue weighted by molar-refractivity contribution is 1.28. The Balaban J connectivity index is 1.24. The van der Waals surface area contributed by atoms with Crippen molar-refractivity contribution < 1.29 is 0 Å². The Hall–Kier alpha value is -6.87. The van der Waals surface area contributed by atoms with Crippen molar-refractivity contribution in [1.82, 2.24) is 4.98 Å². The maximum atomic E-state index is 5.67. The second-order valence-corrected chi connectivity index (χ2v) is 15.7. The maximum Gasteiger partial charge on any atom is 0.0759 e. The molecule has 0 saturated heterocycles. The van der Waals surface area contributed by atoms with Crippen LogP contribution >= 0.6 is 11.3 Å². The second-order valence-electron chi connectivity index (χ2n) is 14.7. The molecule has 0 bridgehead atoms. The topological polar surface area (TPSA) is 12.9 Å². The zero-order chi connectivity index (χ0) is 37.2. The van der Waals surface area contributed by atoms with Gasteiger partial charge in [0, 0.05) is 31.3 Å². The smallest absolute Gasteiger partial charge is 0.0759 e. The van der Waals surface area contributed by atoms with Gasteiger partial charge < -0.3 is 0 Å². The first-order chi connectivity index (χ1) is 27.7. The van der Waals surface area contributed by atoms with Gasteiger partial charge in [-0.25, -0.2) is 4.98 Å². The quantitative estimate of drug-likeness (QED) is 0.172. The van der Waals surface area contributed by atoms with E-state index in [1.807, 2.05) is 11.3 Å². The fourth-order valence-electron chi connectivity index (χ4n) is 8.72. The molecule has 2 aromatic heterocycles. The average Bonchev–Trinajstić information content (AvgIpc) is 3.67. The van der Waals surface area contributed by atoms with E-state index in [0.717, 1.165) is 17.0 Å². The maximum absolute atomic E-state index is 5.67. The predicted molar refractivity (Wildman–Crippen MR) is 242 cm³/mol. The van der Waals surface area contributed by atoms with Crippen molar-refractivity contribution in [3.05, 3.63) is 200 Å². The van der Waals surface area contributed by atoms with Crippen LogP contribution in [-0.2, 0) is 0 Å². The number of hydrogen-bond acceptors (Lipinski definition) is 2. The van der Waals surface area contributed by atoms with E-state index in [2.05, 4.69) is 201 Å². The summed E-state index contributed by atoms with van der Waals surface area (Å²) in [6, 6.07) is 70.7. The van der Waals surface area contributed by atoms with E-state index < -0.39 is 0 Å². The molecule has 0 radical (unpaired) electrons. The normalized spacial score (nSPS) is 11.7. The van der Waals surface area contributed by atoms with Crippen molar-refractivity contribution in [3.63, 3.8) is 0 Å². The van der Waals surface area contributed by atoms with Gasteiger partial charge in [-0.15, -0.1) is 11.3 Å². The molecule has 0 atom stereocenters. The molecule has 0 N–H and O–H groups in total. The molecule has 9 aromatic carbocycles. The Bertz CT molecular complexity index is 3300. The summed E-state index contributed by atoms with van der Waals surface area (Å²) in [4.78, 5) is 5.67. The van der Waals surface area contributed by atoms with Crippen LogP contribution in [0.15, 0.2) is 194 Å². The second kappa shape index (κ2) is 13.2. The number of fused-ring (bicyclic) bond motifs is 7. The Kier molecular flexibility index (Phi) is 7.65. The molecule has 56 heavy (non-hydrogen) atoms. The van der Waals surface area contributed by atoms with E-state index in [0.29, 0.717) is 0 Å². The zero-order valence-corrected chi connectivity index (χ0v) is 31.6. The minimum Gasteiger partial charge on any atom is -0.247 e. The highest BCUT2D eigenvalue weighted by Crippen LogP contribution is 2.49. The van der Waals surface area contributed by atoms with Gasteiger partial charge in [-0.1, -0.05) is 176 Å². The summed E-state index contributed by atoms with van der Waals surface area (Å²) in [7, 11) is 0. The highest BCUT2D eigenvalue weighted by atomic mass is 32.1. The van der Waals surface area contributed by atoms with Gasteiger partial charge in [0.25, 0.3) is 0 Å². The van der Waals surface area contributed by atoms with Crippen molar-refractivity contribution >= 4 is 63.8 Å². The zero-order valence-electron chi connectivity index (χ0n) is 30.8. The molecule has 11 aromatic rings. The van der Waals surface area contributed by atoms with Gasteiger partial charge in [0.05, 0.1) is 11.4 Å². The van der Waals surface area contributed by atoms with Gasteiger partial charge in [-0.2, -0.15) is 0 Å². The third-order valence-electron chi connectivity index (χ3n) is 11.4. The van der Waals surface area contributed by atoms with Crippen LogP contribution in [0.3, 0.4) is 0 Å². The van der Waals surface area contributed by atoms with Crippen molar-refractivity contribution in [3.8, 4) is 55.9 Å². The van der Waals surface area contributed by atoms with E-state index in [1.54, 1.807) is 0 Å². The summed E-state index contributed by atoms with van der Waals surface area (Å²) in [5.41, 5.74) is 12.8. The average molecular weight is 730 g/mol. The lowest BCUT2D eigenvalue weighted by atomic mass is 9.88. The molecule has 0 amide bonds. The van der Waals surface area contributed by atoms with Crippen LogP contribution in [-0.4, -0.2) is 4.98 Å². The molecular weight excluding hydrogens is 695 g/mol. The van der Waals surface area contributed by atoms with Gasteiger partial charge in [0.1, 0.15) is 0 Å². The number of hydrogen-bond donors (Lipinski definition) is 0. The molecule has 0 aliphatic carbocycles. The predicted octanol–water partition coefficient (Wildman–Crippen LogP) is 15.6. The SMILES string of the molecule is Cc1c(-c2ccc(-c3ccccc3)c3ccccc23)cc(-c2ccc3ccccc3c2)nc1-c1cc2ccccc2c2c1sc1c(-c3ccccc3)cccc12. The summed E-state index contributed by atoms with van der Waals surface area (Å²) in [6.07, 6.45) is 0. The number of benzene rings is 9. The van der Waals surface area contributed by atoms with Gasteiger partial charge >= 0.3 is 0 Å². The highest BCUT2D eigenvalue weighted by molar-refractivity contribution is 7.27. The third-order valence-corrected chi connectivity index (χ3v) is 12.7. The molecule has 0 spiro atoms. The molecule has 0 aliphatic rings. The molecule has 262 valence electrons. The van der Waals surface area contributed by atoms with Crippen LogP contribution < -0.4 is 0 Å². The molecule has 0 unspecified atom stereocenters. The van der Waals surface area contributed by atoms with E-state index in [9.17, 15) is 0 Å². The van der Waals surface area contributed by atoms with Crippen molar-refractivity contribution in [2.45, 2.75) is 6.92 Å². The lowest BCUT2D eigenvalue weighted by Crippen LogP contribution is -1.97. The molecule has 0 saturated carbocycles. The summed E-state index contributed by atoms with van der Waals surface area (Å²) < 4.78 is 2.57. The Morgan fingerprint density at radius 2 is 0.964 bits per heavy atom. The molecule has 2 heterocycles. The van der Waals surface area contributed by atoms with E-state index >= 15 is 0 Å². The van der Waals surface area contributed by atoms with Crippen LogP contribution in [0, 0.1) is 6.92 Å². The number of rotatable bonds is 5. The first kappa shape index (κ1) is 32.6. The molecular formula is C54H35NS. The fourth-order valence-corrected chi connectivity index (χ4v) is 10.1. The largest absolute Gasteiger partial charge is 0.247 e. The first-order valence-corrected chi connectivity index (χ1v) is 20.0. The van der Waals surface area contributed by atoms with E-state index in [4.69, 9.17) is 4.98 Å².